The second kappa shape index (κ2) is 6.71. The maximum absolute atomic E-state index is 12.7. The molecule has 0 unspecified atom stereocenters. The van der Waals surface area contributed by atoms with Crippen LogP contribution in [0.25, 0.3) is 0 Å². The highest BCUT2D eigenvalue weighted by Gasteiger charge is 2.21. The number of anilines is 1. The van der Waals surface area contributed by atoms with Gasteiger partial charge in [-0.05, 0) is 61.9 Å². The summed E-state index contributed by atoms with van der Waals surface area (Å²) in [6.45, 7) is 4.35. The zero-order valence-corrected chi connectivity index (χ0v) is 15.1. The lowest BCUT2D eigenvalue weighted by Gasteiger charge is -2.20. The standard InChI is InChI=1S/C16H18BrNO3S/c1-4-21-14-6-8-15(9-7-14)22(19,20)18(3)13-5-10-16(17)12(2)11-13/h5-11H,4H2,1-3H3. The molecule has 0 aromatic heterocycles. The largest absolute Gasteiger partial charge is 0.494 e. The third-order valence-electron chi connectivity index (χ3n) is 3.30. The Labute approximate surface area is 139 Å². The molecule has 0 aliphatic carbocycles. The lowest BCUT2D eigenvalue weighted by atomic mass is 10.2. The molecule has 0 saturated heterocycles. The molecular weight excluding hydrogens is 366 g/mol. The fourth-order valence-electron chi connectivity index (χ4n) is 2.00. The van der Waals surface area contributed by atoms with E-state index in [2.05, 4.69) is 15.9 Å². The van der Waals surface area contributed by atoms with Gasteiger partial charge in [-0.25, -0.2) is 8.42 Å². The van der Waals surface area contributed by atoms with Gasteiger partial charge in [0.05, 0.1) is 17.2 Å². The van der Waals surface area contributed by atoms with Gasteiger partial charge in [0.2, 0.25) is 0 Å². The van der Waals surface area contributed by atoms with Gasteiger partial charge in [0.1, 0.15) is 5.75 Å². The van der Waals surface area contributed by atoms with Crippen molar-refractivity contribution in [3.05, 3.63) is 52.5 Å². The molecule has 0 radical (unpaired) electrons. The molecule has 0 amide bonds. The number of ether oxygens (including phenoxy) is 1. The summed E-state index contributed by atoms with van der Waals surface area (Å²) in [5, 5.41) is 0. The topological polar surface area (TPSA) is 46.6 Å². The Kier molecular flexibility index (Phi) is 5.13. The Morgan fingerprint density at radius 3 is 2.32 bits per heavy atom. The van der Waals surface area contributed by atoms with Gasteiger partial charge in [0.15, 0.2) is 0 Å². The second-order valence-electron chi connectivity index (χ2n) is 4.81. The minimum atomic E-state index is -3.59. The average molecular weight is 384 g/mol. The summed E-state index contributed by atoms with van der Waals surface area (Å²) in [7, 11) is -2.04. The molecule has 0 bridgehead atoms. The molecule has 22 heavy (non-hydrogen) atoms. The highest BCUT2D eigenvalue weighted by Crippen LogP contribution is 2.27. The van der Waals surface area contributed by atoms with Crippen LogP contribution in [0.15, 0.2) is 51.8 Å². The van der Waals surface area contributed by atoms with E-state index in [1.807, 2.05) is 26.0 Å². The van der Waals surface area contributed by atoms with Crippen molar-refractivity contribution >= 4 is 31.6 Å². The fourth-order valence-corrected chi connectivity index (χ4v) is 3.43. The predicted molar refractivity (Wildman–Crippen MR) is 92.1 cm³/mol. The molecule has 118 valence electrons. The van der Waals surface area contributed by atoms with Crippen LogP contribution in [-0.2, 0) is 10.0 Å². The van der Waals surface area contributed by atoms with Gasteiger partial charge in [0, 0.05) is 11.5 Å². The van der Waals surface area contributed by atoms with Gasteiger partial charge in [0.25, 0.3) is 10.0 Å². The van der Waals surface area contributed by atoms with Crippen molar-refractivity contribution in [2.75, 3.05) is 18.0 Å². The molecule has 0 fully saturated rings. The van der Waals surface area contributed by atoms with Crippen LogP contribution in [0.4, 0.5) is 5.69 Å². The van der Waals surface area contributed by atoms with Crippen molar-refractivity contribution in [2.45, 2.75) is 18.7 Å². The molecule has 0 saturated carbocycles. The first-order valence-corrected chi connectivity index (χ1v) is 9.07. The van der Waals surface area contributed by atoms with Crippen LogP contribution in [0.5, 0.6) is 5.75 Å². The first-order chi connectivity index (χ1) is 10.4. The van der Waals surface area contributed by atoms with E-state index in [4.69, 9.17) is 4.74 Å². The quantitative estimate of drug-likeness (QED) is 0.784. The van der Waals surface area contributed by atoms with E-state index in [1.165, 1.54) is 4.31 Å². The van der Waals surface area contributed by atoms with Crippen molar-refractivity contribution < 1.29 is 13.2 Å². The minimum Gasteiger partial charge on any atom is -0.494 e. The summed E-state index contributed by atoms with van der Waals surface area (Å²) >= 11 is 3.41. The number of sulfonamides is 1. The van der Waals surface area contributed by atoms with E-state index in [-0.39, 0.29) is 4.90 Å². The number of benzene rings is 2. The molecular formula is C16H18BrNO3S. The Hall–Kier alpha value is -1.53. The zero-order chi connectivity index (χ0) is 16.3. The van der Waals surface area contributed by atoms with E-state index >= 15 is 0 Å². The lowest BCUT2D eigenvalue weighted by molar-refractivity contribution is 0.340. The van der Waals surface area contributed by atoms with Gasteiger partial charge in [-0.3, -0.25) is 4.31 Å². The van der Waals surface area contributed by atoms with Crippen molar-refractivity contribution in [1.82, 2.24) is 0 Å². The monoisotopic (exact) mass is 383 g/mol. The van der Waals surface area contributed by atoms with Gasteiger partial charge in [-0.1, -0.05) is 15.9 Å². The van der Waals surface area contributed by atoms with Crippen molar-refractivity contribution in [3.8, 4) is 5.75 Å². The maximum atomic E-state index is 12.7. The fraction of sp³-hybridized carbons (Fsp3) is 0.250. The SMILES string of the molecule is CCOc1ccc(S(=O)(=O)N(C)c2ccc(Br)c(C)c2)cc1. The summed E-state index contributed by atoms with van der Waals surface area (Å²) in [5.74, 6) is 0.656. The third kappa shape index (κ3) is 3.44. The van der Waals surface area contributed by atoms with Crippen molar-refractivity contribution in [1.29, 1.82) is 0 Å². The molecule has 0 N–H and O–H groups in total. The number of aryl methyl sites for hydroxylation is 1. The minimum absolute atomic E-state index is 0.235. The molecule has 4 nitrogen and oxygen atoms in total. The van der Waals surface area contributed by atoms with Crippen LogP contribution in [0.2, 0.25) is 0 Å². The van der Waals surface area contributed by atoms with E-state index in [0.717, 1.165) is 10.0 Å². The zero-order valence-electron chi connectivity index (χ0n) is 12.7. The summed E-state index contributed by atoms with van der Waals surface area (Å²) < 4.78 is 32.9. The lowest BCUT2D eigenvalue weighted by Crippen LogP contribution is -2.26. The number of hydrogen-bond acceptors (Lipinski definition) is 3. The molecule has 0 spiro atoms. The molecule has 0 atom stereocenters. The van der Waals surface area contributed by atoms with E-state index in [9.17, 15) is 8.42 Å². The average Bonchev–Trinajstić information content (AvgIpc) is 2.50. The summed E-state index contributed by atoms with van der Waals surface area (Å²) in [4.78, 5) is 0.235. The molecule has 2 rings (SSSR count). The van der Waals surface area contributed by atoms with Crippen LogP contribution < -0.4 is 9.04 Å². The van der Waals surface area contributed by atoms with Gasteiger partial charge < -0.3 is 4.74 Å². The first-order valence-electron chi connectivity index (χ1n) is 6.84. The van der Waals surface area contributed by atoms with Crippen LogP contribution in [0.1, 0.15) is 12.5 Å². The summed E-state index contributed by atoms with van der Waals surface area (Å²) in [5.41, 5.74) is 1.60. The summed E-state index contributed by atoms with van der Waals surface area (Å²) in [6, 6.07) is 11.9. The van der Waals surface area contributed by atoms with Gasteiger partial charge in [-0.2, -0.15) is 0 Å². The van der Waals surface area contributed by atoms with Gasteiger partial charge in [-0.15, -0.1) is 0 Å². The van der Waals surface area contributed by atoms with Gasteiger partial charge >= 0.3 is 0 Å². The maximum Gasteiger partial charge on any atom is 0.264 e. The highest BCUT2D eigenvalue weighted by atomic mass is 79.9. The Morgan fingerprint density at radius 2 is 1.77 bits per heavy atom. The highest BCUT2D eigenvalue weighted by molar-refractivity contribution is 9.10. The van der Waals surface area contributed by atoms with E-state index < -0.39 is 10.0 Å². The van der Waals surface area contributed by atoms with E-state index in [0.29, 0.717) is 18.0 Å². The third-order valence-corrected chi connectivity index (χ3v) is 5.99. The summed E-state index contributed by atoms with van der Waals surface area (Å²) in [6.07, 6.45) is 0. The normalized spacial score (nSPS) is 11.3. The Morgan fingerprint density at radius 1 is 1.14 bits per heavy atom. The van der Waals surface area contributed by atoms with Crippen molar-refractivity contribution in [2.24, 2.45) is 0 Å². The smallest absolute Gasteiger partial charge is 0.264 e. The van der Waals surface area contributed by atoms with E-state index in [1.54, 1.807) is 37.4 Å². The Balaban J connectivity index is 2.34. The first kappa shape index (κ1) is 16.8. The molecule has 0 aliphatic heterocycles. The van der Waals surface area contributed by atoms with Crippen LogP contribution in [-0.4, -0.2) is 22.1 Å². The number of rotatable bonds is 5. The number of hydrogen-bond donors (Lipinski definition) is 0. The predicted octanol–water partition coefficient (Wildman–Crippen LogP) is 3.98. The van der Waals surface area contributed by atoms with Crippen LogP contribution in [0, 0.1) is 6.92 Å². The Bertz CT molecular complexity index is 757. The number of nitrogens with zero attached hydrogens (tertiary/aromatic N) is 1. The molecule has 2 aromatic rings. The molecule has 2 aromatic carbocycles. The molecule has 6 heteroatoms. The van der Waals surface area contributed by atoms with Crippen LogP contribution >= 0.6 is 15.9 Å². The molecule has 0 heterocycles. The second-order valence-corrected chi connectivity index (χ2v) is 7.63. The van der Waals surface area contributed by atoms with Crippen molar-refractivity contribution in [3.63, 3.8) is 0 Å². The molecule has 0 aliphatic rings. The number of halogens is 1. The van der Waals surface area contributed by atoms with Crippen LogP contribution in [0.3, 0.4) is 0 Å².